The number of anilines is 1. The van der Waals surface area contributed by atoms with Crippen molar-refractivity contribution in [2.45, 2.75) is 42.7 Å². The number of aromatic nitrogens is 2. The number of hydrogen-bond acceptors (Lipinski definition) is 3. The molecule has 0 bridgehead atoms. The van der Waals surface area contributed by atoms with Gasteiger partial charge in [0.25, 0.3) is 0 Å². The zero-order chi connectivity index (χ0) is 14.0. The van der Waals surface area contributed by atoms with Crippen LogP contribution in [-0.2, 0) is 6.18 Å². The predicted octanol–water partition coefficient (Wildman–Crippen LogP) is 3.64. The van der Waals surface area contributed by atoms with Gasteiger partial charge in [-0.05, 0) is 18.9 Å². The molecular weight excluding hydrogens is 323 g/mol. The number of halogens is 4. The van der Waals surface area contributed by atoms with Gasteiger partial charge in [0.05, 0.1) is 0 Å². The van der Waals surface area contributed by atoms with Crippen molar-refractivity contribution in [2.24, 2.45) is 0 Å². The summed E-state index contributed by atoms with van der Waals surface area (Å²) in [6.45, 7) is 0. The molecule has 106 valence electrons. The number of hydrogen-bond donors (Lipinski definition) is 0. The van der Waals surface area contributed by atoms with Crippen LogP contribution in [0.4, 0.5) is 19.1 Å². The van der Waals surface area contributed by atoms with Gasteiger partial charge in [0.15, 0.2) is 0 Å². The minimum absolute atomic E-state index is 0.131. The maximum atomic E-state index is 12.6. The van der Waals surface area contributed by atoms with Crippen LogP contribution in [-0.4, -0.2) is 27.9 Å². The zero-order valence-corrected chi connectivity index (χ0v) is 12.1. The Morgan fingerprint density at radius 1 is 1.32 bits per heavy atom. The van der Waals surface area contributed by atoms with Gasteiger partial charge in [0.2, 0.25) is 5.95 Å². The van der Waals surface area contributed by atoms with Gasteiger partial charge >= 0.3 is 6.18 Å². The molecular formula is C12H15BrF3N3. The highest BCUT2D eigenvalue weighted by molar-refractivity contribution is 9.09. The summed E-state index contributed by atoms with van der Waals surface area (Å²) in [7, 11) is 1.75. The summed E-state index contributed by atoms with van der Waals surface area (Å²) in [5.74, 6) is 0.131. The Morgan fingerprint density at radius 3 is 2.63 bits per heavy atom. The molecule has 1 aliphatic carbocycles. The Bertz CT molecular complexity index is 438. The fourth-order valence-corrected chi connectivity index (χ4v) is 3.27. The Kier molecular flexibility index (Phi) is 4.32. The minimum Gasteiger partial charge on any atom is -0.340 e. The second kappa shape index (κ2) is 5.64. The number of rotatable bonds is 2. The smallest absolute Gasteiger partial charge is 0.340 e. The first kappa shape index (κ1) is 14.6. The van der Waals surface area contributed by atoms with E-state index in [2.05, 4.69) is 25.9 Å². The van der Waals surface area contributed by atoms with E-state index in [1.807, 2.05) is 0 Å². The molecule has 1 heterocycles. The number of nitrogens with zero attached hydrogens (tertiary/aromatic N) is 3. The lowest BCUT2D eigenvalue weighted by molar-refractivity contribution is -0.141. The predicted molar refractivity (Wildman–Crippen MR) is 70.4 cm³/mol. The van der Waals surface area contributed by atoms with E-state index < -0.39 is 11.9 Å². The highest BCUT2D eigenvalue weighted by Crippen LogP contribution is 2.31. The second-order valence-corrected chi connectivity index (χ2v) is 5.89. The molecule has 2 rings (SSSR count). The van der Waals surface area contributed by atoms with Crippen LogP contribution in [0.2, 0.25) is 0 Å². The third kappa shape index (κ3) is 3.38. The van der Waals surface area contributed by atoms with Crippen LogP contribution in [0.1, 0.15) is 31.4 Å². The Balaban J connectivity index is 2.21. The molecule has 0 aliphatic heterocycles. The molecule has 7 heteroatoms. The van der Waals surface area contributed by atoms with Crippen molar-refractivity contribution in [2.75, 3.05) is 11.9 Å². The summed E-state index contributed by atoms with van der Waals surface area (Å²) in [4.78, 5) is 9.59. The second-order valence-electron chi connectivity index (χ2n) is 4.72. The molecule has 0 radical (unpaired) electrons. The van der Waals surface area contributed by atoms with Crippen LogP contribution >= 0.6 is 15.9 Å². The average molecular weight is 338 g/mol. The van der Waals surface area contributed by atoms with Crippen molar-refractivity contribution < 1.29 is 13.2 Å². The molecule has 1 fully saturated rings. The molecule has 2 unspecified atom stereocenters. The maximum Gasteiger partial charge on any atom is 0.433 e. The fraction of sp³-hybridized carbons (Fsp3) is 0.667. The fourth-order valence-electron chi connectivity index (χ4n) is 2.33. The van der Waals surface area contributed by atoms with Crippen LogP contribution in [0.15, 0.2) is 12.3 Å². The summed E-state index contributed by atoms with van der Waals surface area (Å²) >= 11 is 3.59. The van der Waals surface area contributed by atoms with Crippen molar-refractivity contribution >= 4 is 21.9 Å². The maximum absolute atomic E-state index is 12.6. The van der Waals surface area contributed by atoms with Crippen molar-refractivity contribution in [3.05, 3.63) is 18.0 Å². The molecule has 3 nitrogen and oxygen atoms in total. The lowest BCUT2D eigenvalue weighted by Crippen LogP contribution is -2.41. The van der Waals surface area contributed by atoms with Gasteiger partial charge in [-0.1, -0.05) is 28.8 Å². The molecule has 1 aliphatic rings. The van der Waals surface area contributed by atoms with E-state index >= 15 is 0 Å². The topological polar surface area (TPSA) is 29.0 Å². The van der Waals surface area contributed by atoms with Gasteiger partial charge in [-0.15, -0.1) is 0 Å². The third-order valence-corrected chi connectivity index (χ3v) is 4.46. The molecule has 1 aromatic heterocycles. The molecule has 0 N–H and O–H groups in total. The van der Waals surface area contributed by atoms with E-state index in [9.17, 15) is 13.2 Å². The average Bonchev–Trinajstić information content (AvgIpc) is 2.38. The molecule has 0 saturated heterocycles. The van der Waals surface area contributed by atoms with E-state index in [-0.39, 0.29) is 16.8 Å². The monoisotopic (exact) mass is 337 g/mol. The van der Waals surface area contributed by atoms with Gasteiger partial charge < -0.3 is 4.90 Å². The van der Waals surface area contributed by atoms with Crippen molar-refractivity contribution in [1.82, 2.24) is 9.97 Å². The SMILES string of the molecule is CN(c1nccc(C(F)(F)F)n1)C1CCCCC1Br. The van der Waals surface area contributed by atoms with E-state index in [0.29, 0.717) is 0 Å². The lowest BCUT2D eigenvalue weighted by atomic mass is 9.94. The third-order valence-electron chi connectivity index (χ3n) is 3.39. The Labute approximate surface area is 118 Å². The van der Waals surface area contributed by atoms with E-state index in [1.165, 1.54) is 0 Å². The summed E-state index contributed by atoms with van der Waals surface area (Å²) in [5, 5.41) is 0. The molecule has 0 amide bonds. The highest BCUT2D eigenvalue weighted by Gasteiger charge is 2.34. The van der Waals surface area contributed by atoms with Gasteiger partial charge in [0, 0.05) is 24.1 Å². The molecule has 1 aromatic rings. The largest absolute Gasteiger partial charge is 0.433 e. The zero-order valence-electron chi connectivity index (χ0n) is 10.5. The minimum atomic E-state index is -4.43. The molecule has 19 heavy (non-hydrogen) atoms. The van der Waals surface area contributed by atoms with Crippen LogP contribution in [0.5, 0.6) is 0 Å². The van der Waals surface area contributed by atoms with Crippen molar-refractivity contribution in [3.63, 3.8) is 0 Å². The summed E-state index contributed by atoms with van der Waals surface area (Å²) in [5.41, 5.74) is -0.897. The van der Waals surface area contributed by atoms with Gasteiger partial charge in [-0.25, -0.2) is 9.97 Å². The van der Waals surface area contributed by atoms with Crippen molar-refractivity contribution in [3.8, 4) is 0 Å². The summed E-state index contributed by atoms with van der Waals surface area (Å²) in [6.07, 6.45) is 0.909. The molecule has 2 atom stereocenters. The Hall–Kier alpha value is -0.850. The molecule has 1 saturated carbocycles. The first-order valence-electron chi connectivity index (χ1n) is 6.17. The van der Waals surface area contributed by atoms with Gasteiger partial charge in [-0.2, -0.15) is 13.2 Å². The van der Waals surface area contributed by atoms with Gasteiger partial charge in [-0.3, -0.25) is 0 Å². The summed E-state index contributed by atoms with van der Waals surface area (Å²) in [6, 6.07) is 1.03. The summed E-state index contributed by atoms with van der Waals surface area (Å²) < 4.78 is 37.9. The van der Waals surface area contributed by atoms with E-state index in [4.69, 9.17) is 0 Å². The highest BCUT2D eigenvalue weighted by atomic mass is 79.9. The van der Waals surface area contributed by atoms with Crippen molar-refractivity contribution in [1.29, 1.82) is 0 Å². The van der Waals surface area contributed by atoms with Gasteiger partial charge in [0.1, 0.15) is 5.69 Å². The quantitative estimate of drug-likeness (QED) is 0.771. The van der Waals surface area contributed by atoms with Crippen LogP contribution in [0.3, 0.4) is 0 Å². The Morgan fingerprint density at radius 2 is 2.00 bits per heavy atom. The number of alkyl halides is 4. The van der Waals surface area contributed by atoms with E-state index in [1.54, 1.807) is 11.9 Å². The molecule has 0 spiro atoms. The van der Waals surface area contributed by atoms with Crippen LogP contribution in [0, 0.1) is 0 Å². The van der Waals surface area contributed by atoms with E-state index in [0.717, 1.165) is 37.9 Å². The van der Waals surface area contributed by atoms with Crippen LogP contribution < -0.4 is 4.90 Å². The molecule has 0 aromatic carbocycles. The first-order chi connectivity index (χ1) is 8.89. The lowest BCUT2D eigenvalue weighted by Gasteiger charge is -2.35. The first-order valence-corrected chi connectivity index (χ1v) is 7.08. The normalized spacial score (nSPS) is 24.3. The van der Waals surface area contributed by atoms with Crippen LogP contribution in [0.25, 0.3) is 0 Å². The standard InChI is InChI=1S/C12H15BrF3N3/c1-19(9-5-3-2-4-8(9)13)11-17-7-6-10(18-11)12(14,15)16/h6-9H,2-5H2,1H3.